The van der Waals surface area contributed by atoms with E-state index in [9.17, 15) is 23.1 Å². The van der Waals surface area contributed by atoms with E-state index in [4.69, 9.17) is 4.74 Å². The van der Waals surface area contributed by atoms with E-state index in [0.717, 1.165) is 11.1 Å². The normalized spacial score (nSPS) is 19.5. The third-order valence-electron chi connectivity index (χ3n) is 5.43. The van der Waals surface area contributed by atoms with Crippen molar-refractivity contribution < 1.29 is 27.8 Å². The van der Waals surface area contributed by atoms with Gasteiger partial charge in [-0.2, -0.15) is 18.3 Å². The van der Waals surface area contributed by atoms with E-state index >= 15 is 0 Å². The Kier molecular flexibility index (Phi) is 4.97. The molecule has 0 bridgehead atoms. The molecule has 2 aromatic heterocycles. The van der Waals surface area contributed by atoms with Gasteiger partial charge in [-0.3, -0.25) is 9.89 Å². The molecular weight excluding hydrogens is 413 g/mol. The van der Waals surface area contributed by atoms with Gasteiger partial charge in [0.05, 0.1) is 24.8 Å². The third kappa shape index (κ3) is 3.52. The quantitative estimate of drug-likeness (QED) is 0.584. The number of fused-ring (bicyclic) bond motifs is 1. The highest BCUT2D eigenvalue weighted by Crippen LogP contribution is 2.49. The molecule has 0 aliphatic carbocycles. The number of aromatic amines is 1. The molecule has 7 nitrogen and oxygen atoms in total. The molecule has 10 heteroatoms. The van der Waals surface area contributed by atoms with Gasteiger partial charge in [0.15, 0.2) is 5.60 Å². The number of amides is 1. The van der Waals surface area contributed by atoms with E-state index in [1.54, 1.807) is 31.3 Å². The second kappa shape index (κ2) is 7.38. The summed E-state index contributed by atoms with van der Waals surface area (Å²) in [6.45, 7) is 1.69. The fourth-order valence-corrected chi connectivity index (χ4v) is 3.74. The van der Waals surface area contributed by atoms with Gasteiger partial charge in [0.2, 0.25) is 11.8 Å². The largest absolute Gasteiger partial charge is 0.481 e. The lowest BCUT2D eigenvalue weighted by Gasteiger charge is -2.34. The highest BCUT2D eigenvalue weighted by atomic mass is 19.4. The fraction of sp³-hybridized carbons (Fsp3) is 0.286. The first-order valence-electron chi connectivity index (χ1n) is 9.42. The van der Waals surface area contributed by atoms with E-state index in [1.165, 1.54) is 7.11 Å². The Morgan fingerprint density at radius 3 is 2.65 bits per heavy atom. The molecule has 4 rings (SSSR count). The number of benzene rings is 1. The lowest BCUT2D eigenvalue weighted by Crippen LogP contribution is -2.48. The fourth-order valence-electron chi connectivity index (χ4n) is 3.74. The second-order valence-corrected chi connectivity index (χ2v) is 7.38. The molecule has 1 aliphatic rings. The van der Waals surface area contributed by atoms with Crippen molar-refractivity contribution in [2.45, 2.75) is 31.0 Å². The molecule has 0 fully saturated rings. The van der Waals surface area contributed by atoms with Crippen molar-refractivity contribution in [2.24, 2.45) is 0 Å². The minimum atomic E-state index is -5.05. The number of H-pyrrole nitrogens is 1. The van der Waals surface area contributed by atoms with Crippen LogP contribution in [0.5, 0.6) is 5.88 Å². The summed E-state index contributed by atoms with van der Waals surface area (Å²) < 4.78 is 46.3. The van der Waals surface area contributed by atoms with Gasteiger partial charge < -0.3 is 15.2 Å². The number of alkyl halides is 3. The Morgan fingerprint density at radius 2 is 2.00 bits per heavy atom. The third-order valence-corrected chi connectivity index (χ3v) is 5.43. The van der Waals surface area contributed by atoms with Crippen LogP contribution in [0.4, 0.5) is 19.0 Å². The number of halogens is 3. The lowest BCUT2D eigenvalue weighted by molar-refractivity contribution is -0.267. The molecule has 0 spiro atoms. The van der Waals surface area contributed by atoms with Crippen LogP contribution in [0, 0.1) is 0 Å². The minimum absolute atomic E-state index is 0.0137. The zero-order valence-corrected chi connectivity index (χ0v) is 16.6. The van der Waals surface area contributed by atoms with E-state index < -0.39 is 35.6 Å². The van der Waals surface area contributed by atoms with Crippen molar-refractivity contribution in [1.82, 2.24) is 15.2 Å². The van der Waals surface area contributed by atoms with Crippen LogP contribution in [-0.4, -0.2) is 39.5 Å². The Bertz CT molecular complexity index is 1130. The maximum Gasteiger partial charge on any atom is 0.422 e. The number of nitrogens with one attached hydrogen (secondary N) is 2. The van der Waals surface area contributed by atoms with E-state index in [-0.39, 0.29) is 11.5 Å². The van der Waals surface area contributed by atoms with Gasteiger partial charge in [0.1, 0.15) is 5.82 Å². The first-order valence-corrected chi connectivity index (χ1v) is 9.42. The first-order chi connectivity index (χ1) is 14.6. The number of aliphatic hydroxyl groups is 1. The van der Waals surface area contributed by atoms with Gasteiger partial charge in [0, 0.05) is 23.7 Å². The maximum atomic E-state index is 13.8. The monoisotopic (exact) mass is 432 g/mol. The molecule has 1 amide bonds. The summed E-state index contributed by atoms with van der Waals surface area (Å²) in [5.41, 5.74) is -1.47. The Hall–Kier alpha value is -3.40. The minimum Gasteiger partial charge on any atom is -0.481 e. The van der Waals surface area contributed by atoms with Crippen molar-refractivity contribution in [1.29, 1.82) is 0 Å². The van der Waals surface area contributed by atoms with Crippen LogP contribution in [-0.2, 0) is 10.4 Å². The summed E-state index contributed by atoms with van der Waals surface area (Å²) in [5.74, 6) is -1.32. The lowest BCUT2D eigenvalue weighted by atomic mass is 9.82. The van der Waals surface area contributed by atoms with Gasteiger partial charge >= 0.3 is 6.18 Å². The molecule has 3 aromatic rings. The molecule has 2 atom stereocenters. The van der Waals surface area contributed by atoms with Crippen LogP contribution in [0.1, 0.15) is 36.1 Å². The van der Waals surface area contributed by atoms with Crippen LogP contribution >= 0.6 is 0 Å². The van der Waals surface area contributed by atoms with Gasteiger partial charge in [-0.05, 0) is 17.2 Å². The van der Waals surface area contributed by atoms with Crippen LogP contribution < -0.4 is 10.1 Å². The van der Waals surface area contributed by atoms with Crippen molar-refractivity contribution in [3.8, 4) is 17.0 Å². The van der Waals surface area contributed by atoms with Gasteiger partial charge in [0.25, 0.3) is 0 Å². The van der Waals surface area contributed by atoms with Crippen molar-refractivity contribution >= 4 is 11.7 Å². The number of rotatable bonds is 4. The molecule has 0 radical (unpaired) electrons. The summed E-state index contributed by atoms with van der Waals surface area (Å²) in [4.78, 5) is 15.9. The number of methoxy groups -OCH3 is 1. The molecule has 31 heavy (non-hydrogen) atoms. The Labute approximate surface area is 175 Å². The average Bonchev–Trinajstić information content (AvgIpc) is 3.17. The molecule has 0 saturated carbocycles. The summed E-state index contributed by atoms with van der Waals surface area (Å²) in [7, 11) is 1.51. The predicted molar refractivity (Wildman–Crippen MR) is 106 cm³/mol. The molecule has 1 aromatic carbocycles. The number of carbonyl (C=O) groups excluding carboxylic acids is 1. The number of carbonyl (C=O) groups is 1. The first kappa shape index (κ1) is 20.9. The number of aromatic nitrogens is 3. The van der Waals surface area contributed by atoms with Crippen LogP contribution in [0.15, 0.2) is 42.6 Å². The van der Waals surface area contributed by atoms with E-state index in [2.05, 4.69) is 20.5 Å². The summed E-state index contributed by atoms with van der Waals surface area (Å²) in [6, 6.07) is 10.8. The Morgan fingerprint density at radius 1 is 1.23 bits per heavy atom. The number of hydrogen-bond donors (Lipinski definition) is 3. The molecule has 1 aliphatic heterocycles. The van der Waals surface area contributed by atoms with Gasteiger partial charge in [-0.1, -0.05) is 31.2 Å². The van der Waals surface area contributed by atoms with Gasteiger partial charge in [-0.15, -0.1) is 0 Å². The molecular formula is C21H19F3N4O3. The molecule has 3 heterocycles. The highest BCUT2D eigenvalue weighted by Gasteiger charge is 2.60. The second-order valence-electron chi connectivity index (χ2n) is 7.38. The van der Waals surface area contributed by atoms with Crippen molar-refractivity contribution in [3.63, 3.8) is 0 Å². The summed E-state index contributed by atoms with van der Waals surface area (Å²) in [5, 5.41) is 19.3. The number of nitrogens with zero attached hydrogens (tertiary/aromatic N) is 2. The number of pyridine rings is 1. The highest BCUT2D eigenvalue weighted by molar-refractivity contribution is 5.94. The molecule has 162 valence electrons. The summed E-state index contributed by atoms with van der Waals surface area (Å²) in [6.07, 6.45) is -4.54. The molecule has 3 N–H and O–H groups in total. The van der Waals surface area contributed by atoms with Crippen LogP contribution in [0.25, 0.3) is 11.1 Å². The number of ether oxygens (including phenoxy) is 1. The topological polar surface area (TPSA) is 100 Å². The smallest absolute Gasteiger partial charge is 0.422 e. The van der Waals surface area contributed by atoms with E-state index in [0.29, 0.717) is 11.4 Å². The van der Waals surface area contributed by atoms with Crippen molar-refractivity contribution in [2.75, 3.05) is 12.4 Å². The Balaban J connectivity index is 1.75. The van der Waals surface area contributed by atoms with E-state index in [1.807, 2.05) is 18.2 Å². The van der Waals surface area contributed by atoms with Crippen LogP contribution in [0.2, 0.25) is 0 Å². The maximum absolute atomic E-state index is 13.8. The standard InChI is InChI=1S/C21H19F3N4O3/c1-11(12-4-3-5-13(8-12)14-6-7-16(31-2)25-10-14)18-17-19(28-27-18)26-15(29)9-20(17,30)21(22,23)24/h3-8,10-11,30H,9H2,1-2H3,(H2,26,27,28,29)/t11-,20?/m0/s1. The van der Waals surface area contributed by atoms with Crippen LogP contribution in [0.3, 0.4) is 0 Å². The van der Waals surface area contributed by atoms with Crippen molar-refractivity contribution in [3.05, 3.63) is 59.4 Å². The SMILES string of the molecule is COc1ccc(-c2cccc([C@H](C)c3n[nH]c4c3C(O)(C(F)(F)F)CC(=O)N4)c2)cn1. The zero-order valence-electron chi connectivity index (χ0n) is 16.6. The van der Waals surface area contributed by atoms with Gasteiger partial charge in [-0.25, -0.2) is 4.98 Å². The number of anilines is 1. The summed E-state index contributed by atoms with van der Waals surface area (Å²) >= 11 is 0. The molecule has 1 unspecified atom stereocenters. The predicted octanol–water partition coefficient (Wildman–Crippen LogP) is 3.72. The number of hydrogen-bond acceptors (Lipinski definition) is 5. The zero-order chi connectivity index (χ0) is 22.4. The average molecular weight is 432 g/mol. The molecule has 0 saturated heterocycles.